The first-order chi connectivity index (χ1) is 7.20. The van der Waals surface area contributed by atoms with Gasteiger partial charge < -0.3 is 14.9 Å². The lowest BCUT2D eigenvalue weighted by Crippen LogP contribution is -1.61. The molecule has 0 heterocycles. The molecule has 0 amide bonds. The standard InChI is InChI=1S/C6H6O2.C6H10O/c7-5-1-2-6(8)4-3-5;1-3-5-7-6-4-2/h1-4,7-8H;3-6H,1-2H3. The van der Waals surface area contributed by atoms with E-state index in [1.807, 2.05) is 26.0 Å². The third kappa shape index (κ3) is 8.43. The molecule has 1 aromatic carbocycles. The van der Waals surface area contributed by atoms with Crippen molar-refractivity contribution in [3.63, 3.8) is 0 Å². The van der Waals surface area contributed by atoms with Crippen LogP contribution in [0.5, 0.6) is 11.5 Å². The fourth-order valence-electron chi connectivity index (χ4n) is 0.655. The zero-order chi connectivity index (χ0) is 11.5. The van der Waals surface area contributed by atoms with Crippen LogP contribution in [-0.2, 0) is 4.74 Å². The van der Waals surface area contributed by atoms with E-state index < -0.39 is 0 Å². The van der Waals surface area contributed by atoms with Gasteiger partial charge in [0.15, 0.2) is 0 Å². The third-order valence-electron chi connectivity index (χ3n) is 1.28. The molecule has 0 atom stereocenters. The Morgan fingerprint density at radius 1 is 0.867 bits per heavy atom. The molecule has 0 aliphatic carbocycles. The van der Waals surface area contributed by atoms with E-state index in [0.29, 0.717) is 0 Å². The number of phenols is 2. The molecule has 0 saturated carbocycles. The Kier molecular flexibility index (Phi) is 7.59. The fourth-order valence-corrected chi connectivity index (χ4v) is 0.655. The molecule has 1 rings (SSSR count). The minimum atomic E-state index is 0.169. The monoisotopic (exact) mass is 208 g/mol. The van der Waals surface area contributed by atoms with Crippen LogP contribution in [0.15, 0.2) is 48.9 Å². The number of ether oxygens (including phenoxy) is 1. The zero-order valence-corrected chi connectivity index (χ0v) is 8.92. The first kappa shape index (κ1) is 13.1. The first-order valence-electron chi connectivity index (χ1n) is 4.56. The summed E-state index contributed by atoms with van der Waals surface area (Å²) in [5.41, 5.74) is 0. The molecule has 0 fully saturated rings. The van der Waals surface area contributed by atoms with Crippen molar-refractivity contribution < 1.29 is 14.9 Å². The molecule has 3 nitrogen and oxygen atoms in total. The van der Waals surface area contributed by atoms with E-state index in [2.05, 4.69) is 0 Å². The summed E-state index contributed by atoms with van der Waals surface area (Å²) in [6.45, 7) is 3.81. The van der Waals surface area contributed by atoms with Crippen LogP contribution in [0.3, 0.4) is 0 Å². The van der Waals surface area contributed by atoms with Crippen LogP contribution in [-0.4, -0.2) is 10.2 Å². The summed E-state index contributed by atoms with van der Waals surface area (Å²) in [4.78, 5) is 0. The number of hydrogen-bond donors (Lipinski definition) is 2. The van der Waals surface area contributed by atoms with E-state index in [-0.39, 0.29) is 11.5 Å². The Bertz CT molecular complexity index is 268. The minimum absolute atomic E-state index is 0.169. The summed E-state index contributed by atoms with van der Waals surface area (Å²) in [6, 6.07) is 5.70. The lowest BCUT2D eigenvalue weighted by molar-refractivity contribution is 0.401. The molecule has 0 aliphatic heterocycles. The van der Waals surface area contributed by atoms with Gasteiger partial charge in [-0.2, -0.15) is 0 Å². The second-order valence-corrected chi connectivity index (χ2v) is 2.59. The highest BCUT2D eigenvalue weighted by Gasteiger charge is 1.84. The van der Waals surface area contributed by atoms with Gasteiger partial charge in [0.25, 0.3) is 0 Å². The van der Waals surface area contributed by atoms with E-state index in [0.717, 1.165) is 0 Å². The van der Waals surface area contributed by atoms with Crippen LogP contribution in [0.2, 0.25) is 0 Å². The Labute approximate surface area is 89.9 Å². The van der Waals surface area contributed by atoms with Gasteiger partial charge in [0.2, 0.25) is 0 Å². The summed E-state index contributed by atoms with van der Waals surface area (Å²) >= 11 is 0. The van der Waals surface area contributed by atoms with Crippen molar-refractivity contribution in [3.05, 3.63) is 48.9 Å². The highest BCUT2D eigenvalue weighted by atomic mass is 16.5. The largest absolute Gasteiger partial charge is 0.508 e. The lowest BCUT2D eigenvalue weighted by Gasteiger charge is -1.88. The molecule has 0 radical (unpaired) electrons. The normalized spacial score (nSPS) is 10.0. The molecular formula is C12H16O3. The lowest BCUT2D eigenvalue weighted by atomic mass is 10.3. The highest BCUT2D eigenvalue weighted by Crippen LogP contribution is 2.13. The maximum Gasteiger partial charge on any atom is 0.115 e. The van der Waals surface area contributed by atoms with Gasteiger partial charge in [-0.1, -0.05) is 12.2 Å². The number of rotatable bonds is 2. The van der Waals surface area contributed by atoms with Crippen molar-refractivity contribution >= 4 is 0 Å². The molecule has 2 N–H and O–H groups in total. The molecule has 0 spiro atoms. The summed E-state index contributed by atoms with van der Waals surface area (Å²) < 4.78 is 4.77. The van der Waals surface area contributed by atoms with Crippen molar-refractivity contribution in [1.82, 2.24) is 0 Å². The van der Waals surface area contributed by atoms with Crippen molar-refractivity contribution in [2.24, 2.45) is 0 Å². The molecule has 15 heavy (non-hydrogen) atoms. The number of aromatic hydroxyl groups is 2. The van der Waals surface area contributed by atoms with E-state index >= 15 is 0 Å². The number of allylic oxidation sites excluding steroid dienone is 2. The van der Waals surface area contributed by atoms with Crippen LogP contribution in [0.4, 0.5) is 0 Å². The number of hydrogen-bond acceptors (Lipinski definition) is 3. The van der Waals surface area contributed by atoms with Gasteiger partial charge in [-0.25, -0.2) is 0 Å². The van der Waals surface area contributed by atoms with Crippen LogP contribution in [0, 0.1) is 0 Å². The van der Waals surface area contributed by atoms with Gasteiger partial charge in [-0.3, -0.25) is 0 Å². The van der Waals surface area contributed by atoms with Crippen LogP contribution < -0.4 is 0 Å². The van der Waals surface area contributed by atoms with Crippen molar-refractivity contribution in [2.45, 2.75) is 13.8 Å². The van der Waals surface area contributed by atoms with Crippen molar-refractivity contribution in [2.75, 3.05) is 0 Å². The summed E-state index contributed by atoms with van der Waals surface area (Å²) in [7, 11) is 0. The van der Waals surface area contributed by atoms with E-state index in [4.69, 9.17) is 14.9 Å². The second kappa shape index (κ2) is 8.69. The van der Waals surface area contributed by atoms with Gasteiger partial charge in [-0.05, 0) is 38.1 Å². The van der Waals surface area contributed by atoms with Gasteiger partial charge in [-0.15, -0.1) is 0 Å². The molecule has 0 aliphatic rings. The van der Waals surface area contributed by atoms with Crippen LogP contribution in [0.25, 0.3) is 0 Å². The molecule has 0 unspecified atom stereocenters. The Balaban J connectivity index is 0.000000265. The van der Waals surface area contributed by atoms with E-state index in [9.17, 15) is 0 Å². The maximum absolute atomic E-state index is 8.65. The topological polar surface area (TPSA) is 49.7 Å². The number of benzene rings is 1. The maximum atomic E-state index is 8.65. The molecule has 1 aromatic rings. The molecule has 82 valence electrons. The van der Waals surface area contributed by atoms with Crippen LogP contribution >= 0.6 is 0 Å². The van der Waals surface area contributed by atoms with Gasteiger partial charge in [0.05, 0.1) is 12.5 Å². The first-order valence-corrected chi connectivity index (χ1v) is 4.56. The zero-order valence-electron chi connectivity index (χ0n) is 8.92. The summed E-state index contributed by atoms with van der Waals surface area (Å²) in [5.74, 6) is 0.339. The summed E-state index contributed by atoms with van der Waals surface area (Å²) in [6.07, 6.45) is 6.92. The van der Waals surface area contributed by atoms with Crippen molar-refractivity contribution in [3.8, 4) is 11.5 Å². The molecule has 3 heteroatoms. The van der Waals surface area contributed by atoms with Gasteiger partial charge in [0.1, 0.15) is 11.5 Å². The predicted octanol–water partition coefficient (Wildman–Crippen LogP) is 3.17. The van der Waals surface area contributed by atoms with Gasteiger partial charge in [0, 0.05) is 0 Å². The average molecular weight is 208 g/mol. The Morgan fingerprint density at radius 3 is 1.47 bits per heavy atom. The third-order valence-corrected chi connectivity index (χ3v) is 1.28. The quantitative estimate of drug-likeness (QED) is 0.579. The SMILES string of the molecule is CC=COC=CC.Oc1ccc(O)cc1. The molecule has 0 saturated heterocycles. The van der Waals surface area contributed by atoms with Gasteiger partial charge >= 0.3 is 0 Å². The molecule has 0 bridgehead atoms. The highest BCUT2D eigenvalue weighted by molar-refractivity contribution is 5.28. The van der Waals surface area contributed by atoms with Crippen LogP contribution in [0.1, 0.15) is 13.8 Å². The van der Waals surface area contributed by atoms with E-state index in [1.165, 1.54) is 24.3 Å². The molecule has 0 aromatic heterocycles. The Hall–Kier alpha value is -1.90. The number of phenolic OH excluding ortho intramolecular Hbond substituents is 2. The predicted molar refractivity (Wildman–Crippen MR) is 60.5 cm³/mol. The average Bonchev–Trinajstić information content (AvgIpc) is 2.24. The minimum Gasteiger partial charge on any atom is -0.508 e. The Morgan fingerprint density at radius 2 is 1.20 bits per heavy atom. The second-order valence-electron chi connectivity index (χ2n) is 2.59. The molecular weight excluding hydrogens is 192 g/mol. The summed E-state index contributed by atoms with van der Waals surface area (Å²) in [5, 5.41) is 17.3. The van der Waals surface area contributed by atoms with E-state index in [1.54, 1.807) is 12.5 Å². The smallest absolute Gasteiger partial charge is 0.115 e. The van der Waals surface area contributed by atoms with Crippen molar-refractivity contribution in [1.29, 1.82) is 0 Å². The fraction of sp³-hybridized carbons (Fsp3) is 0.167.